The first-order valence-corrected chi connectivity index (χ1v) is 4.73. The number of piperidine rings is 1. The first-order valence-electron chi connectivity index (χ1n) is 7.70. The number of aromatic nitrogens is 1. The number of halogens is 1. The molecule has 0 aromatic carbocycles. The molecule has 1 N–H and O–H groups in total. The lowest BCUT2D eigenvalue weighted by Gasteiger charge is -2.20. The predicted molar refractivity (Wildman–Crippen MR) is 54.7 cm³/mol. The van der Waals surface area contributed by atoms with Gasteiger partial charge in [-0.3, -0.25) is 0 Å². The molecule has 2 rings (SSSR count). The van der Waals surface area contributed by atoms with E-state index >= 15 is 0 Å². The van der Waals surface area contributed by atoms with Crippen LogP contribution < -0.4 is 5.32 Å². The van der Waals surface area contributed by atoms with Crippen LogP contribution in [0.4, 0.5) is 0 Å². The number of thiazole rings is 1. The van der Waals surface area contributed by atoms with Crippen LogP contribution in [0, 0.1) is 0 Å². The van der Waals surface area contributed by atoms with Crippen molar-refractivity contribution in [1.29, 1.82) is 0 Å². The Balaban J connectivity index is 2.75. The molecule has 1 aromatic rings. The molecular formula is C8H11BrN2S. The molecule has 0 spiro atoms. The van der Waals surface area contributed by atoms with Gasteiger partial charge in [-0.1, -0.05) is 0 Å². The van der Waals surface area contributed by atoms with E-state index in [0.29, 0.717) is 11.3 Å². The summed E-state index contributed by atoms with van der Waals surface area (Å²) in [5, 5.41) is 1.43. The van der Waals surface area contributed by atoms with Crippen LogP contribution in [0.3, 0.4) is 0 Å². The molecule has 0 radical (unpaired) electrons. The highest BCUT2D eigenvalue weighted by molar-refractivity contribution is 9.10. The van der Waals surface area contributed by atoms with Crippen molar-refractivity contribution < 1.29 is 12.3 Å². The minimum atomic E-state index is -3.01. The Bertz CT molecular complexity index is 557. The number of nitrogens with zero attached hydrogens (tertiary/aromatic N) is 1. The van der Waals surface area contributed by atoms with Crippen LogP contribution in [-0.2, 0) is 0 Å². The van der Waals surface area contributed by atoms with Crippen LogP contribution in [0.25, 0.3) is 0 Å². The van der Waals surface area contributed by atoms with E-state index in [1.54, 1.807) is 0 Å². The van der Waals surface area contributed by atoms with E-state index < -0.39 is 31.7 Å². The van der Waals surface area contributed by atoms with Crippen LogP contribution >= 0.6 is 27.3 Å². The summed E-state index contributed by atoms with van der Waals surface area (Å²) >= 11 is 3.54. The molecule has 2 nitrogen and oxygen atoms in total. The highest BCUT2D eigenvalue weighted by Crippen LogP contribution is 2.29. The standard InChI is InChI=1S/C8H11BrN2S/c9-7-5-12-8(11-7)6-1-3-10-4-2-6/h5-6,10H,1-4H2/i1D2,2D2,3D,4D2,5D,6D. The second-order valence-electron chi connectivity index (χ2n) is 1.97. The zero-order valence-corrected chi connectivity index (χ0v) is 8.21. The molecule has 0 bridgehead atoms. The van der Waals surface area contributed by atoms with E-state index in [1.165, 1.54) is 0 Å². The smallest absolute Gasteiger partial charge is 0.117 e. The third kappa shape index (κ3) is 1.87. The van der Waals surface area contributed by atoms with Gasteiger partial charge in [-0.15, -0.1) is 11.3 Å². The normalized spacial score (nSPS) is 60.1. The Morgan fingerprint density at radius 3 is 3.58 bits per heavy atom. The Morgan fingerprint density at radius 1 is 1.92 bits per heavy atom. The van der Waals surface area contributed by atoms with Crippen molar-refractivity contribution in [1.82, 2.24) is 10.3 Å². The molecule has 12 heavy (non-hydrogen) atoms. The number of hydrogen-bond acceptors (Lipinski definition) is 3. The Morgan fingerprint density at radius 2 is 2.83 bits per heavy atom. The summed E-state index contributed by atoms with van der Waals surface area (Å²) in [7, 11) is 0. The molecular weight excluding hydrogens is 236 g/mol. The molecule has 2 heterocycles. The van der Waals surface area contributed by atoms with Gasteiger partial charge in [0.05, 0.1) is 6.38 Å². The largest absolute Gasteiger partial charge is 0.317 e. The van der Waals surface area contributed by atoms with Crippen molar-refractivity contribution in [2.24, 2.45) is 0 Å². The molecule has 1 saturated heterocycles. The van der Waals surface area contributed by atoms with Crippen molar-refractivity contribution in [2.45, 2.75) is 18.6 Å². The number of nitrogens with one attached hydrogen (secondary N) is 1. The second kappa shape index (κ2) is 3.85. The van der Waals surface area contributed by atoms with Gasteiger partial charge in [0.15, 0.2) is 0 Å². The van der Waals surface area contributed by atoms with E-state index in [4.69, 9.17) is 12.3 Å². The minimum Gasteiger partial charge on any atom is -0.317 e. The van der Waals surface area contributed by atoms with Gasteiger partial charge in [0.25, 0.3) is 0 Å². The Kier molecular flexibility index (Phi) is 0.975. The number of rotatable bonds is 1. The lowest BCUT2D eigenvalue weighted by atomic mass is 9.99. The molecule has 1 fully saturated rings. The molecule has 1 aromatic heterocycles. The van der Waals surface area contributed by atoms with E-state index in [0.717, 1.165) is 0 Å². The Hall–Kier alpha value is 0.0700. The van der Waals surface area contributed by atoms with Gasteiger partial charge >= 0.3 is 0 Å². The molecule has 2 unspecified atom stereocenters. The van der Waals surface area contributed by atoms with Crippen molar-refractivity contribution in [3.63, 3.8) is 0 Å². The molecule has 2 atom stereocenters. The second-order valence-corrected chi connectivity index (χ2v) is 3.52. The zero-order valence-electron chi connectivity index (χ0n) is 14.8. The third-order valence-electron chi connectivity index (χ3n) is 1.19. The highest BCUT2D eigenvalue weighted by atomic mass is 79.9. The topological polar surface area (TPSA) is 24.9 Å². The summed E-state index contributed by atoms with van der Waals surface area (Å²) in [4.78, 5) is 3.80. The average Bonchev–Trinajstić information content (AvgIpc) is 2.66. The fourth-order valence-electron chi connectivity index (χ4n) is 0.726. The molecule has 0 aliphatic carbocycles. The van der Waals surface area contributed by atoms with Gasteiger partial charge in [-0.25, -0.2) is 4.98 Å². The first-order chi connectivity index (χ1) is 9.29. The summed E-state index contributed by atoms with van der Waals surface area (Å²) in [6, 6.07) is 0. The summed E-state index contributed by atoms with van der Waals surface area (Å²) < 4.78 is 70.8. The van der Waals surface area contributed by atoms with Gasteiger partial charge in [0.1, 0.15) is 4.60 Å². The lowest BCUT2D eigenvalue weighted by Crippen LogP contribution is -2.26. The highest BCUT2D eigenvalue weighted by Gasteiger charge is 2.17. The van der Waals surface area contributed by atoms with Crippen LogP contribution in [-0.4, -0.2) is 18.0 Å². The summed E-state index contributed by atoms with van der Waals surface area (Å²) in [5.41, 5.74) is 0. The zero-order chi connectivity index (χ0) is 16.4. The molecule has 4 heteroatoms. The van der Waals surface area contributed by atoms with Crippen LogP contribution in [0.5, 0.6) is 0 Å². The van der Waals surface area contributed by atoms with Crippen molar-refractivity contribution in [2.75, 3.05) is 13.0 Å². The summed E-state index contributed by atoms with van der Waals surface area (Å²) in [6.07, 6.45) is -5.77. The fourth-order valence-corrected chi connectivity index (χ4v) is 1.84. The predicted octanol–water partition coefficient (Wildman–Crippen LogP) is 2.37. The van der Waals surface area contributed by atoms with E-state index in [1.807, 2.05) is 5.32 Å². The first kappa shape index (κ1) is 3.04. The maximum atomic E-state index is 8.36. The third-order valence-corrected chi connectivity index (χ3v) is 2.62. The molecule has 1 aliphatic heterocycles. The van der Waals surface area contributed by atoms with Gasteiger partial charge in [0, 0.05) is 22.2 Å². The van der Waals surface area contributed by atoms with E-state index in [2.05, 4.69) is 20.9 Å². The summed E-state index contributed by atoms with van der Waals surface area (Å²) in [6.45, 7) is -4.65. The maximum Gasteiger partial charge on any atom is 0.117 e. The van der Waals surface area contributed by atoms with Crippen molar-refractivity contribution in [3.05, 3.63) is 15.0 Å². The molecule has 1 aliphatic rings. The van der Waals surface area contributed by atoms with Gasteiger partial charge in [-0.2, -0.15) is 0 Å². The van der Waals surface area contributed by atoms with E-state index in [-0.39, 0.29) is 15.0 Å². The average molecular weight is 256 g/mol. The lowest BCUT2D eigenvalue weighted by molar-refractivity contribution is 0.459. The fraction of sp³-hybridized carbons (Fsp3) is 0.625. The number of hydrogen-bond donors (Lipinski definition) is 1. The van der Waals surface area contributed by atoms with Gasteiger partial charge in [0.2, 0.25) is 0 Å². The van der Waals surface area contributed by atoms with Crippen LogP contribution in [0.2, 0.25) is 0 Å². The minimum absolute atomic E-state index is 0.0290. The van der Waals surface area contributed by atoms with Crippen LogP contribution in [0.1, 0.15) is 36.0 Å². The maximum absolute atomic E-state index is 8.36. The monoisotopic (exact) mass is 255 g/mol. The molecule has 0 amide bonds. The summed E-state index contributed by atoms with van der Waals surface area (Å²) in [5.74, 6) is -2.77. The Labute approximate surface area is 97.2 Å². The van der Waals surface area contributed by atoms with Crippen LogP contribution in [0.15, 0.2) is 9.96 Å². The SMILES string of the molecule is [2H]c1sc(C2([2H])C([2H])([2H])C([2H])NC([2H])([2H])C2([2H])[2H])nc1Br. The van der Waals surface area contributed by atoms with Crippen molar-refractivity contribution >= 4 is 27.3 Å². The van der Waals surface area contributed by atoms with E-state index in [9.17, 15) is 0 Å². The van der Waals surface area contributed by atoms with Gasteiger partial charge in [-0.05, 0) is 41.7 Å². The quantitative estimate of drug-likeness (QED) is 0.834. The molecule has 0 saturated carbocycles. The van der Waals surface area contributed by atoms with Gasteiger partial charge < -0.3 is 5.32 Å². The molecule has 66 valence electrons. The van der Waals surface area contributed by atoms with Crippen molar-refractivity contribution in [3.8, 4) is 0 Å².